The molecule has 2 aromatic carbocycles. The first-order valence-corrected chi connectivity index (χ1v) is 5.92. The van der Waals surface area contributed by atoms with Crippen LogP contribution in [0.4, 0.5) is 0 Å². The summed E-state index contributed by atoms with van der Waals surface area (Å²) in [4.78, 5) is 11.0. The highest BCUT2D eigenvalue weighted by Gasteiger charge is 2.03. The standard InChI is InChI=1S/C15H11ClO/c16-10-4-3-7-15-13(11-17)9-8-12-5-1-2-6-14(12)15/h1-2,5-6,8-9,11H,4,10H2. The van der Waals surface area contributed by atoms with Gasteiger partial charge in [-0.3, -0.25) is 4.79 Å². The molecule has 0 unspecified atom stereocenters. The van der Waals surface area contributed by atoms with Crippen LogP contribution in [-0.2, 0) is 0 Å². The van der Waals surface area contributed by atoms with E-state index >= 15 is 0 Å². The number of rotatable bonds is 2. The van der Waals surface area contributed by atoms with E-state index in [2.05, 4.69) is 11.8 Å². The monoisotopic (exact) mass is 242 g/mol. The van der Waals surface area contributed by atoms with Gasteiger partial charge in [-0.1, -0.05) is 42.2 Å². The van der Waals surface area contributed by atoms with Gasteiger partial charge in [0, 0.05) is 23.4 Å². The fourth-order valence-electron chi connectivity index (χ4n) is 1.72. The first-order chi connectivity index (χ1) is 8.36. The van der Waals surface area contributed by atoms with Crippen LogP contribution in [0.15, 0.2) is 36.4 Å². The maximum atomic E-state index is 11.0. The maximum Gasteiger partial charge on any atom is 0.151 e. The van der Waals surface area contributed by atoms with Gasteiger partial charge in [0.1, 0.15) is 0 Å². The van der Waals surface area contributed by atoms with E-state index in [9.17, 15) is 4.79 Å². The molecule has 0 saturated heterocycles. The molecule has 2 rings (SSSR count). The quantitative estimate of drug-likeness (QED) is 0.447. The molecule has 0 heterocycles. The largest absolute Gasteiger partial charge is 0.298 e. The topological polar surface area (TPSA) is 17.1 Å². The van der Waals surface area contributed by atoms with Crippen LogP contribution in [0.2, 0.25) is 0 Å². The minimum Gasteiger partial charge on any atom is -0.298 e. The molecule has 17 heavy (non-hydrogen) atoms. The molecule has 0 amide bonds. The molecular weight excluding hydrogens is 232 g/mol. The molecule has 0 aliphatic carbocycles. The Labute approximate surface area is 105 Å². The molecule has 0 radical (unpaired) electrons. The summed E-state index contributed by atoms with van der Waals surface area (Å²) in [5.74, 6) is 6.53. The van der Waals surface area contributed by atoms with E-state index in [1.165, 1.54) is 0 Å². The lowest BCUT2D eigenvalue weighted by Crippen LogP contribution is -1.89. The normalized spacial score (nSPS) is 9.71. The van der Waals surface area contributed by atoms with Crippen molar-refractivity contribution in [1.29, 1.82) is 0 Å². The van der Waals surface area contributed by atoms with Gasteiger partial charge >= 0.3 is 0 Å². The zero-order chi connectivity index (χ0) is 12.1. The van der Waals surface area contributed by atoms with Gasteiger partial charge in [0.25, 0.3) is 0 Å². The average Bonchev–Trinajstić information content (AvgIpc) is 2.39. The summed E-state index contributed by atoms with van der Waals surface area (Å²) in [6.45, 7) is 0. The lowest BCUT2D eigenvalue weighted by Gasteiger charge is -2.03. The highest BCUT2D eigenvalue weighted by Crippen LogP contribution is 2.20. The van der Waals surface area contributed by atoms with Gasteiger partial charge < -0.3 is 0 Å². The van der Waals surface area contributed by atoms with Gasteiger partial charge in [0.2, 0.25) is 0 Å². The Kier molecular flexibility index (Phi) is 3.80. The number of carbonyl (C=O) groups is 1. The first kappa shape index (κ1) is 11.7. The molecule has 0 atom stereocenters. The summed E-state index contributed by atoms with van der Waals surface area (Å²) in [7, 11) is 0. The van der Waals surface area contributed by atoms with Gasteiger partial charge in [-0.15, -0.1) is 11.6 Å². The number of halogens is 1. The molecule has 1 nitrogen and oxygen atoms in total. The Morgan fingerprint density at radius 2 is 2.00 bits per heavy atom. The van der Waals surface area contributed by atoms with Gasteiger partial charge in [0.05, 0.1) is 0 Å². The Bertz CT molecular complexity index is 605. The number of fused-ring (bicyclic) bond motifs is 1. The van der Waals surface area contributed by atoms with E-state index in [1.807, 2.05) is 30.3 Å². The molecule has 0 N–H and O–H groups in total. The predicted molar refractivity (Wildman–Crippen MR) is 71.6 cm³/mol. The van der Waals surface area contributed by atoms with E-state index in [4.69, 9.17) is 11.6 Å². The summed E-state index contributed by atoms with van der Waals surface area (Å²) < 4.78 is 0. The zero-order valence-corrected chi connectivity index (χ0v) is 10.00. The maximum absolute atomic E-state index is 11.0. The van der Waals surface area contributed by atoms with Crippen molar-refractivity contribution in [2.45, 2.75) is 6.42 Å². The van der Waals surface area contributed by atoms with E-state index in [0.29, 0.717) is 17.9 Å². The third kappa shape index (κ3) is 2.49. The third-order valence-corrected chi connectivity index (χ3v) is 2.71. The van der Waals surface area contributed by atoms with Crippen molar-refractivity contribution in [2.24, 2.45) is 0 Å². The van der Waals surface area contributed by atoms with Crippen LogP contribution in [0.1, 0.15) is 22.3 Å². The van der Waals surface area contributed by atoms with Gasteiger partial charge in [-0.05, 0) is 16.8 Å². The van der Waals surface area contributed by atoms with Crippen molar-refractivity contribution in [1.82, 2.24) is 0 Å². The van der Waals surface area contributed by atoms with Gasteiger partial charge in [0.15, 0.2) is 6.29 Å². The van der Waals surface area contributed by atoms with Crippen LogP contribution in [0, 0.1) is 11.8 Å². The van der Waals surface area contributed by atoms with Crippen molar-refractivity contribution in [2.75, 3.05) is 5.88 Å². The molecular formula is C15H11ClO. The molecule has 0 aliphatic heterocycles. The third-order valence-electron chi connectivity index (χ3n) is 2.52. The Morgan fingerprint density at radius 1 is 1.18 bits per heavy atom. The summed E-state index contributed by atoms with van der Waals surface area (Å²) in [5, 5.41) is 2.10. The lowest BCUT2D eigenvalue weighted by molar-refractivity contribution is 0.112. The lowest BCUT2D eigenvalue weighted by atomic mass is 10.00. The molecule has 84 valence electrons. The Hall–Kier alpha value is -1.78. The second kappa shape index (κ2) is 5.52. The summed E-state index contributed by atoms with van der Waals surface area (Å²) in [6.07, 6.45) is 1.47. The second-order valence-electron chi connectivity index (χ2n) is 3.61. The molecule has 0 fully saturated rings. The molecule has 0 bridgehead atoms. The van der Waals surface area contributed by atoms with Crippen LogP contribution in [0.25, 0.3) is 10.8 Å². The molecule has 2 heteroatoms. The van der Waals surface area contributed by atoms with Gasteiger partial charge in [-0.2, -0.15) is 0 Å². The fourth-order valence-corrected chi connectivity index (χ4v) is 1.82. The van der Waals surface area contributed by atoms with E-state index in [-0.39, 0.29) is 0 Å². The average molecular weight is 243 g/mol. The zero-order valence-electron chi connectivity index (χ0n) is 9.24. The van der Waals surface area contributed by atoms with E-state index < -0.39 is 0 Å². The smallest absolute Gasteiger partial charge is 0.151 e. The highest BCUT2D eigenvalue weighted by molar-refractivity contribution is 6.18. The second-order valence-corrected chi connectivity index (χ2v) is 3.99. The minimum absolute atomic E-state index is 0.508. The van der Waals surface area contributed by atoms with Gasteiger partial charge in [-0.25, -0.2) is 0 Å². The predicted octanol–water partition coefficient (Wildman–Crippen LogP) is 3.63. The number of carbonyl (C=O) groups excluding carboxylic acids is 1. The number of hydrogen-bond donors (Lipinski definition) is 0. The highest BCUT2D eigenvalue weighted by atomic mass is 35.5. The van der Waals surface area contributed by atoms with Crippen LogP contribution in [0.5, 0.6) is 0 Å². The molecule has 0 spiro atoms. The van der Waals surface area contributed by atoms with Crippen molar-refractivity contribution in [3.8, 4) is 11.8 Å². The Morgan fingerprint density at radius 3 is 2.76 bits per heavy atom. The minimum atomic E-state index is 0.508. The van der Waals surface area contributed by atoms with Crippen LogP contribution in [-0.4, -0.2) is 12.2 Å². The first-order valence-electron chi connectivity index (χ1n) is 5.38. The molecule has 0 saturated carbocycles. The molecule has 2 aromatic rings. The number of hydrogen-bond acceptors (Lipinski definition) is 1. The SMILES string of the molecule is O=Cc1ccc2ccccc2c1C#CCCCl. The van der Waals surface area contributed by atoms with Crippen LogP contribution >= 0.6 is 11.6 Å². The van der Waals surface area contributed by atoms with Crippen molar-refractivity contribution in [3.05, 3.63) is 47.5 Å². The summed E-state index contributed by atoms with van der Waals surface area (Å²) >= 11 is 5.59. The molecule has 0 aromatic heterocycles. The van der Waals surface area contributed by atoms with Crippen LogP contribution in [0.3, 0.4) is 0 Å². The van der Waals surface area contributed by atoms with E-state index in [0.717, 1.165) is 22.6 Å². The summed E-state index contributed by atoms with van der Waals surface area (Å²) in [5.41, 5.74) is 1.42. The van der Waals surface area contributed by atoms with Crippen molar-refractivity contribution >= 4 is 28.7 Å². The number of alkyl halides is 1. The number of benzene rings is 2. The van der Waals surface area contributed by atoms with Crippen molar-refractivity contribution in [3.63, 3.8) is 0 Å². The fraction of sp³-hybridized carbons (Fsp3) is 0.133. The summed E-state index contributed by atoms with van der Waals surface area (Å²) in [6, 6.07) is 11.7. The molecule has 0 aliphatic rings. The van der Waals surface area contributed by atoms with E-state index in [1.54, 1.807) is 6.07 Å². The van der Waals surface area contributed by atoms with Crippen molar-refractivity contribution < 1.29 is 4.79 Å². The van der Waals surface area contributed by atoms with Crippen LogP contribution < -0.4 is 0 Å². The number of aldehydes is 1. The Balaban J connectivity index is 2.64.